The van der Waals surface area contributed by atoms with Crippen molar-refractivity contribution in [1.29, 1.82) is 0 Å². The molecule has 0 radical (unpaired) electrons. The predicted octanol–water partition coefficient (Wildman–Crippen LogP) is -0.110. The quantitative estimate of drug-likeness (QED) is 0.551. The van der Waals surface area contributed by atoms with Crippen molar-refractivity contribution in [2.75, 3.05) is 33.9 Å². The lowest BCUT2D eigenvalue weighted by Gasteiger charge is -2.21. The number of nitrogens with zero attached hydrogens (tertiary/aromatic N) is 1. The maximum atomic E-state index is 11.8. The van der Waals surface area contributed by atoms with Gasteiger partial charge in [0.05, 0.1) is 0 Å². The minimum absolute atomic E-state index is 0.130. The molecule has 0 aliphatic rings. The number of nitrogens with one attached hydrogen (secondary N) is 2. The van der Waals surface area contributed by atoms with Crippen molar-refractivity contribution >= 4 is 17.9 Å². The lowest BCUT2D eigenvalue weighted by atomic mass is 10.2. The molecule has 0 saturated carbocycles. The Kier molecular flexibility index (Phi) is 9.11. The van der Waals surface area contributed by atoms with Crippen LogP contribution in [0.15, 0.2) is 0 Å². The first-order chi connectivity index (χ1) is 9.77. The smallest absolute Gasteiger partial charge is 0.326 e. The monoisotopic (exact) mass is 303 g/mol. The molecule has 0 bridgehead atoms. The summed E-state index contributed by atoms with van der Waals surface area (Å²) in [5, 5.41) is 14.0. The number of carboxylic acids is 1. The molecule has 0 aromatic heterocycles. The van der Waals surface area contributed by atoms with Gasteiger partial charge in [-0.25, -0.2) is 9.59 Å². The van der Waals surface area contributed by atoms with Crippen LogP contribution in [0.25, 0.3) is 0 Å². The van der Waals surface area contributed by atoms with Crippen LogP contribution in [0, 0.1) is 5.92 Å². The van der Waals surface area contributed by atoms with Gasteiger partial charge in [-0.3, -0.25) is 4.79 Å². The van der Waals surface area contributed by atoms with Gasteiger partial charge in [0, 0.05) is 33.7 Å². The van der Waals surface area contributed by atoms with Gasteiger partial charge in [-0.2, -0.15) is 0 Å². The van der Waals surface area contributed by atoms with Crippen LogP contribution in [0.4, 0.5) is 4.79 Å². The number of methoxy groups -OCH3 is 1. The molecule has 3 N–H and O–H groups in total. The van der Waals surface area contributed by atoms with Crippen LogP contribution in [0.1, 0.15) is 20.3 Å². The van der Waals surface area contributed by atoms with Crippen molar-refractivity contribution in [3.05, 3.63) is 0 Å². The van der Waals surface area contributed by atoms with E-state index in [1.54, 1.807) is 0 Å². The zero-order valence-corrected chi connectivity index (χ0v) is 13.0. The van der Waals surface area contributed by atoms with Gasteiger partial charge in [-0.1, -0.05) is 13.8 Å². The Morgan fingerprint density at radius 1 is 1.29 bits per heavy atom. The van der Waals surface area contributed by atoms with Crippen molar-refractivity contribution in [2.45, 2.75) is 26.3 Å². The van der Waals surface area contributed by atoms with E-state index in [0.29, 0.717) is 12.5 Å². The van der Waals surface area contributed by atoms with Gasteiger partial charge in [0.15, 0.2) is 0 Å². The second-order valence-corrected chi connectivity index (χ2v) is 5.18. The predicted molar refractivity (Wildman–Crippen MR) is 76.9 cm³/mol. The molecular weight excluding hydrogens is 278 g/mol. The van der Waals surface area contributed by atoms with Crippen LogP contribution in [-0.2, 0) is 14.3 Å². The van der Waals surface area contributed by atoms with E-state index in [-0.39, 0.29) is 25.5 Å². The third-order valence-corrected chi connectivity index (χ3v) is 2.64. The second-order valence-electron chi connectivity index (χ2n) is 5.18. The maximum absolute atomic E-state index is 11.8. The summed E-state index contributed by atoms with van der Waals surface area (Å²) in [4.78, 5) is 35.5. The first-order valence-electron chi connectivity index (χ1n) is 6.78. The van der Waals surface area contributed by atoms with E-state index in [9.17, 15) is 14.4 Å². The number of aliphatic carboxylic acids is 1. The number of urea groups is 1. The maximum Gasteiger partial charge on any atom is 0.326 e. The lowest BCUT2D eigenvalue weighted by molar-refractivity contribution is -0.139. The van der Waals surface area contributed by atoms with E-state index in [4.69, 9.17) is 9.84 Å². The number of hydrogen-bond donors (Lipinski definition) is 3. The lowest BCUT2D eigenvalue weighted by Crippen LogP contribution is -2.49. The summed E-state index contributed by atoms with van der Waals surface area (Å²) in [6.07, 6.45) is 0.158. The summed E-state index contributed by atoms with van der Waals surface area (Å²) in [5.41, 5.74) is 0. The van der Waals surface area contributed by atoms with Crippen LogP contribution in [-0.4, -0.2) is 67.8 Å². The summed E-state index contributed by atoms with van der Waals surface area (Å²) in [6, 6.07) is -1.66. The molecule has 0 aliphatic carbocycles. The topological polar surface area (TPSA) is 108 Å². The molecule has 0 fully saturated rings. The average Bonchev–Trinajstić information content (AvgIpc) is 2.40. The average molecular weight is 303 g/mol. The SMILES string of the molecule is COCCC(NC(=O)N(C)CC(=O)NCC(C)C)C(=O)O. The van der Waals surface area contributed by atoms with E-state index in [2.05, 4.69) is 10.6 Å². The largest absolute Gasteiger partial charge is 0.480 e. The number of hydrogen-bond acceptors (Lipinski definition) is 4. The van der Waals surface area contributed by atoms with Gasteiger partial charge in [0.25, 0.3) is 0 Å². The van der Waals surface area contributed by atoms with Crippen molar-refractivity contribution in [2.24, 2.45) is 5.92 Å². The molecule has 1 unspecified atom stereocenters. The van der Waals surface area contributed by atoms with Crippen molar-refractivity contribution < 1.29 is 24.2 Å². The highest BCUT2D eigenvalue weighted by Crippen LogP contribution is 1.96. The van der Waals surface area contributed by atoms with Crippen LogP contribution in [0.3, 0.4) is 0 Å². The van der Waals surface area contributed by atoms with Gasteiger partial charge in [0.2, 0.25) is 5.91 Å². The Balaban J connectivity index is 4.29. The van der Waals surface area contributed by atoms with Gasteiger partial charge in [-0.15, -0.1) is 0 Å². The van der Waals surface area contributed by atoms with E-state index >= 15 is 0 Å². The molecule has 0 saturated heterocycles. The van der Waals surface area contributed by atoms with E-state index < -0.39 is 18.0 Å². The first kappa shape index (κ1) is 19.2. The minimum Gasteiger partial charge on any atom is -0.480 e. The van der Waals surface area contributed by atoms with Gasteiger partial charge in [0.1, 0.15) is 12.6 Å². The van der Waals surface area contributed by atoms with Gasteiger partial charge >= 0.3 is 12.0 Å². The van der Waals surface area contributed by atoms with E-state index in [0.717, 1.165) is 4.90 Å². The van der Waals surface area contributed by atoms with E-state index in [1.807, 2.05) is 13.8 Å². The van der Waals surface area contributed by atoms with Gasteiger partial charge < -0.3 is 25.4 Å². The fraction of sp³-hybridized carbons (Fsp3) is 0.769. The molecule has 21 heavy (non-hydrogen) atoms. The molecule has 0 rings (SSSR count). The summed E-state index contributed by atoms with van der Waals surface area (Å²) in [5.74, 6) is -1.11. The normalized spacial score (nSPS) is 11.9. The standard InChI is InChI=1S/C13H25N3O5/c1-9(2)7-14-11(17)8-16(3)13(20)15-10(12(18)19)5-6-21-4/h9-10H,5-8H2,1-4H3,(H,14,17)(H,15,20)(H,18,19). The number of carbonyl (C=O) groups is 3. The van der Waals surface area contributed by atoms with Crippen LogP contribution < -0.4 is 10.6 Å². The number of rotatable bonds is 9. The number of carbonyl (C=O) groups excluding carboxylic acids is 2. The molecule has 1 atom stereocenters. The summed E-state index contributed by atoms with van der Waals surface area (Å²) < 4.78 is 4.79. The van der Waals surface area contributed by atoms with Crippen LogP contribution in [0.5, 0.6) is 0 Å². The number of carboxylic acid groups (broad SMARTS) is 1. The molecule has 0 aliphatic heterocycles. The van der Waals surface area contributed by atoms with Crippen LogP contribution >= 0.6 is 0 Å². The fourth-order valence-electron chi connectivity index (χ4n) is 1.41. The van der Waals surface area contributed by atoms with Crippen molar-refractivity contribution in [1.82, 2.24) is 15.5 Å². The molecule has 3 amide bonds. The zero-order valence-electron chi connectivity index (χ0n) is 13.0. The summed E-state index contributed by atoms with van der Waals surface area (Å²) in [6.45, 7) is 4.54. The molecule has 8 heteroatoms. The highest BCUT2D eigenvalue weighted by Gasteiger charge is 2.22. The summed E-state index contributed by atoms with van der Waals surface area (Å²) >= 11 is 0. The zero-order chi connectivity index (χ0) is 16.4. The number of amides is 3. The number of ether oxygens (including phenoxy) is 1. The second kappa shape index (κ2) is 9.98. The van der Waals surface area contributed by atoms with Gasteiger partial charge in [-0.05, 0) is 5.92 Å². The highest BCUT2D eigenvalue weighted by atomic mass is 16.5. The molecular formula is C13H25N3O5. The molecule has 0 spiro atoms. The Morgan fingerprint density at radius 2 is 1.90 bits per heavy atom. The minimum atomic E-state index is -1.14. The molecule has 0 aromatic rings. The summed E-state index contributed by atoms with van der Waals surface area (Å²) in [7, 11) is 2.88. The molecule has 8 nitrogen and oxygen atoms in total. The third-order valence-electron chi connectivity index (χ3n) is 2.64. The third kappa shape index (κ3) is 8.85. The van der Waals surface area contributed by atoms with Crippen LogP contribution in [0.2, 0.25) is 0 Å². The first-order valence-corrected chi connectivity index (χ1v) is 6.78. The highest BCUT2D eigenvalue weighted by molar-refractivity contribution is 5.86. The Morgan fingerprint density at radius 3 is 2.38 bits per heavy atom. The fourth-order valence-corrected chi connectivity index (χ4v) is 1.41. The Hall–Kier alpha value is -1.83. The Labute approximate surface area is 124 Å². The number of likely N-dealkylation sites (N-methyl/N-ethyl adjacent to an activating group) is 1. The van der Waals surface area contributed by atoms with Crippen molar-refractivity contribution in [3.63, 3.8) is 0 Å². The van der Waals surface area contributed by atoms with Crippen molar-refractivity contribution in [3.8, 4) is 0 Å². The molecule has 0 aromatic carbocycles. The Bertz CT molecular complexity index is 360. The molecule has 0 heterocycles. The van der Waals surface area contributed by atoms with E-state index in [1.165, 1.54) is 14.2 Å². The molecule has 122 valence electrons.